The first kappa shape index (κ1) is 26.2. The Hall–Kier alpha value is -4.37. The lowest BCUT2D eigenvalue weighted by Gasteiger charge is -2.11. The van der Waals surface area contributed by atoms with Crippen LogP contribution in [0.4, 0.5) is 11.4 Å². The van der Waals surface area contributed by atoms with Crippen LogP contribution >= 0.6 is 11.6 Å². The first-order valence-electron chi connectivity index (χ1n) is 10.8. The summed E-state index contributed by atoms with van der Waals surface area (Å²) in [5.74, 6) is -1.29. The number of hydrogen-bond acceptors (Lipinski definition) is 6. The third kappa shape index (κ3) is 7.57. The summed E-state index contributed by atoms with van der Waals surface area (Å²) in [5.41, 5.74) is 5.82. The van der Waals surface area contributed by atoms with Gasteiger partial charge in [-0.1, -0.05) is 17.7 Å². The number of carbonyl (C=O) groups excluding carboxylic acids is 3. The molecule has 0 heterocycles. The molecule has 0 saturated carbocycles. The number of halogens is 1. The van der Waals surface area contributed by atoms with Crippen LogP contribution in [0.5, 0.6) is 11.5 Å². The maximum Gasteiger partial charge on any atom is 0.329 e. The van der Waals surface area contributed by atoms with Crippen LogP contribution in [0.3, 0.4) is 0 Å². The highest BCUT2D eigenvalue weighted by Gasteiger charge is 2.13. The van der Waals surface area contributed by atoms with Gasteiger partial charge in [-0.15, -0.1) is 0 Å². The summed E-state index contributed by atoms with van der Waals surface area (Å²) in [6.07, 6.45) is 1.26. The predicted molar refractivity (Wildman–Crippen MR) is 139 cm³/mol. The molecule has 0 aliphatic heterocycles. The minimum atomic E-state index is -0.973. The molecule has 10 heteroatoms. The summed E-state index contributed by atoms with van der Waals surface area (Å²) >= 11 is 6.06. The summed E-state index contributed by atoms with van der Waals surface area (Å²) < 4.78 is 10.7. The molecule has 3 N–H and O–H groups in total. The molecule has 0 radical (unpaired) electrons. The summed E-state index contributed by atoms with van der Waals surface area (Å²) in [6.45, 7) is 3.69. The Balaban J connectivity index is 1.56. The first-order chi connectivity index (χ1) is 17.2. The molecule has 0 unspecified atom stereocenters. The van der Waals surface area contributed by atoms with Crippen molar-refractivity contribution in [1.29, 1.82) is 0 Å². The number of aryl methyl sites for hydroxylation is 2. The molecule has 9 nitrogen and oxygen atoms in total. The summed E-state index contributed by atoms with van der Waals surface area (Å²) in [7, 11) is 1.52. The Morgan fingerprint density at radius 2 is 1.61 bits per heavy atom. The van der Waals surface area contributed by atoms with E-state index in [-0.39, 0.29) is 12.5 Å². The summed E-state index contributed by atoms with van der Waals surface area (Å²) in [5, 5.41) is 9.42. The van der Waals surface area contributed by atoms with Gasteiger partial charge in [0, 0.05) is 22.0 Å². The van der Waals surface area contributed by atoms with Crippen molar-refractivity contribution in [2.45, 2.75) is 13.8 Å². The van der Waals surface area contributed by atoms with Gasteiger partial charge in [0.2, 0.25) is 0 Å². The van der Waals surface area contributed by atoms with Crippen LogP contribution in [-0.2, 0) is 14.4 Å². The SMILES string of the molecule is COc1ccc(NC(=O)C(=O)N/N=C\c2cc(Cl)ccc2OCC(=O)Nc2ccc(C)c(C)c2)cc1. The molecular formula is C26H25ClN4O5. The molecule has 186 valence electrons. The zero-order valence-electron chi connectivity index (χ0n) is 19.9. The van der Waals surface area contributed by atoms with Crippen LogP contribution in [-0.4, -0.2) is 37.7 Å². The van der Waals surface area contributed by atoms with Crippen molar-refractivity contribution in [2.24, 2.45) is 5.10 Å². The number of benzene rings is 3. The molecule has 0 aromatic heterocycles. The van der Waals surface area contributed by atoms with E-state index in [1.165, 1.54) is 13.3 Å². The molecule has 3 aromatic carbocycles. The average molecular weight is 509 g/mol. The number of rotatable bonds is 8. The largest absolute Gasteiger partial charge is 0.497 e. The fourth-order valence-corrected chi connectivity index (χ4v) is 3.17. The van der Waals surface area contributed by atoms with E-state index in [0.29, 0.717) is 33.5 Å². The lowest BCUT2D eigenvalue weighted by atomic mass is 10.1. The van der Waals surface area contributed by atoms with Gasteiger partial charge in [0.05, 0.1) is 13.3 Å². The molecule has 3 rings (SSSR count). The number of ether oxygens (including phenoxy) is 2. The number of hydrogen-bond donors (Lipinski definition) is 3. The molecular weight excluding hydrogens is 484 g/mol. The highest BCUT2D eigenvalue weighted by molar-refractivity contribution is 6.39. The predicted octanol–water partition coefficient (Wildman–Crippen LogP) is 4.07. The van der Waals surface area contributed by atoms with Gasteiger partial charge in [0.1, 0.15) is 11.5 Å². The van der Waals surface area contributed by atoms with Crippen molar-refractivity contribution in [1.82, 2.24) is 5.43 Å². The van der Waals surface area contributed by atoms with E-state index < -0.39 is 11.8 Å². The number of hydrazone groups is 1. The summed E-state index contributed by atoms with van der Waals surface area (Å²) in [6, 6.07) is 16.8. The highest BCUT2D eigenvalue weighted by Crippen LogP contribution is 2.22. The smallest absolute Gasteiger partial charge is 0.329 e. The van der Waals surface area contributed by atoms with Gasteiger partial charge >= 0.3 is 11.8 Å². The maximum atomic E-state index is 12.3. The Morgan fingerprint density at radius 1 is 0.889 bits per heavy atom. The van der Waals surface area contributed by atoms with E-state index in [9.17, 15) is 14.4 Å². The van der Waals surface area contributed by atoms with E-state index in [1.54, 1.807) is 42.5 Å². The minimum Gasteiger partial charge on any atom is -0.497 e. The molecule has 3 aromatic rings. The lowest BCUT2D eigenvalue weighted by molar-refractivity contribution is -0.136. The number of methoxy groups -OCH3 is 1. The van der Waals surface area contributed by atoms with Crippen molar-refractivity contribution in [2.75, 3.05) is 24.4 Å². The van der Waals surface area contributed by atoms with Crippen LogP contribution in [0.2, 0.25) is 5.02 Å². The number of anilines is 2. The molecule has 0 saturated heterocycles. The van der Waals surface area contributed by atoms with Crippen molar-refractivity contribution in [3.05, 3.63) is 82.4 Å². The van der Waals surface area contributed by atoms with E-state index in [0.717, 1.165) is 11.1 Å². The third-order valence-corrected chi connectivity index (χ3v) is 5.28. The Bertz CT molecular complexity index is 1290. The standard InChI is InChI=1S/C26H25ClN4O5/c1-16-4-6-21(12-17(16)2)29-24(32)15-36-23-11-5-19(27)13-18(23)14-28-31-26(34)25(33)30-20-7-9-22(35-3)10-8-20/h4-14H,15H2,1-3H3,(H,29,32)(H,30,33)(H,31,34)/b28-14-. The van der Waals surface area contributed by atoms with Gasteiger partial charge in [-0.2, -0.15) is 5.10 Å². The van der Waals surface area contributed by atoms with E-state index >= 15 is 0 Å². The van der Waals surface area contributed by atoms with E-state index in [4.69, 9.17) is 21.1 Å². The number of nitrogens with zero attached hydrogens (tertiary/aromatic N) is 1. The molecule has 0 aliphatic rings. The van der Waals surface area contributed by atoms with Crippen LogP contribution in [0, 0.1) is 13.8 Å². The minimum absolute atomic E-state index is 0.258. The highest BCUT2D eigenvalue weighted by atomic mass is 35.5. The first-order valence-corrected chi connectivity index (χ1v) is 11.2. The van der Waals surface area contributed by atoms with Crippen LogP contribution in [0.1, 0.15) is 16.7 Å². The Morgan fingerprint density at radius 3 is 2.31 bits per heavy atom. The molecule has 0 atom stereocenters. The quantitative estimate of drug-likeness (QED) is 0.241. The Kier molecular flexibility index (Phi) is 9.01. The lowest BCUT2D eigenvalue weighted by Crippen LogP contribution is -2.32. The zero-order chi connectivity index (χ0) is 26.1. The molecule has 3 amide bonds. The molecule has 0 fully saturated rings. The van der Waals surface area contributed by atoms with Crippen LogP contribution in [0.15, 0.2) is 65.8 Å². The second kappa shape index (κ2) is 12.4. The second-order valence-electron chi connectivity index (χ2n) is 7.70. The monoisotopic (exact) mass is 508 g/mol. The molecule has 36 heavy (non-hydrogen) atoms. The summed E-state index contributed by atoms with van der Waals surface area (Å²) in [4.78, 5) is 36.5. The fourth-order valence-electron chi connectivity index (χ4n) is 2.98. The van der Waals surface area contributed by atoms with Crippen LogP contribution in [0.25, 0.3) is 0 Å². The van der Waals surface area contributed by atoms with Gasteiger partial charge in [0.25, 0.3) is 5.91 Å². The van der Waals surface area contributed by atoms with Crippen molar-refractivity contribution in [3.63, 3.8) is 0 Å². The molecule has 0 aliphatic carbocycles. The zero-order valence-corrected chi connectivity index (χ0v) is 20.7. The van der Waals surface area contributed by atoms with Gasteiger partial charge in [-0.05, 0) is 79.6 Å². The maximum absolute atomic E-state index is 12.3. The number of nitrogens with one attached hydrogen (secondary N) is 3. The normalized spacial score (nSPS) is 10.6. The number of amides is 3. The van der Waals surface area contributed by atoms with Gasteiger partial charge in [-0.3, -0.25) is 14.4 Å². The second-order valence-corrected chi connectivity index (χ2v) is 8.14. The van der Waals surface area contributed by atoms with Crippen LogP contribution < -0.4 is 25.5 Å². The van der Waals surface area contributed by atoms with Gasteiger partial charge in [-0.25, -0.2) is 5.43 Å². The van der Waals surface area contributed by atoms with Crippen molar-refractivity contribution in [3.8, 4) is 11.5 Å². The van der Waals surface area contributed by atoms with Gasteiger partial charge < -0.3 is 20.1 Å². The van der Waals surface area contributed by atoms with Gasteiger partial charge in [0.15, 0.2) is 6.61 Å². The molecule has 0 spiro atoms. The van der Waals surface area contributed by atoms with Crippen molar-refractivity contribution < 1.29 is 23.9 Å². The fraction of sp³-hybridized carbons (Fsp3) is 0.154. The number of carbonyl (C=O) groups is 3. The third-order valence-electron chi connectivity index (χ3n) is 5.05. The van der Waals surface area contributed by atoms with Crippen molar-refractivity contribution >= 4 is 46.9 Å². The molecule has 0 bridgehead atoms. The Labute approximate surface area is 213 Å². The van der Waals surface area contributed by atoms with E-state index in [1.807, 2.05) is 32.0 Å². The average Bonchev–Trinajstić information content (AvgIpc) is 2.86. The van der Waals surface area contributed by atoms with E-state index in [2.05, 4.69) is 21.2 Å². The topological polar surface area (TPSA) is 118 Å².